The van der Waals surface area contributed by atoms with Gasteiger partial charge < -0.3 is 4.74 Å². The Bertz CT molecular complexity index is 1740. The van der Waals surface area contributed by atoms with Gasteiger partial charge in [0.25, 0.3) is 0 Å². The van der Waals surface area contributed by atoms with Gasteiger partial charge in [0.15, 0.2) is 15.6 Å². The molecule has 0 aliphatic carbocycles. The molecule has 0 unspecified atom stereocenters. The summed E-state index contributed by atoms with van der Waals surface area (Å²) in [6.45, 7) is -0.387. The van der Waals surface area contributed by atoms with Crippen molar-refractivity contribution < 1.29 is 52.3 Å². The summed E-state index contributed by atoms with van der Waals surface area (Å²) in [6.07, 6.45) is -6.50. The van der Waals surface area contributed by atoms with Crippen LogP contribution in [0, 0.1) is 11.7 Å². The first-order chi connectivity index (χ1) is 19.9. The van der Waals surface area contributed by atoms with Gasteiger partial charge in [0.05, 0.1) is 44.8 Å². The van der Waals surface area contributed by atoms with E-state index in [-0.39, 0.29) is 67.2 Å². The Hall–Kier alpha value is -3.44. The SMILES string of the molecule is CS(=O)(=O)c1ccc(N2C=NC=C3OCC(C4CCN(S(=O)(=O)c5cc(C(F)(F)F)cc(C(F)(F)F)c5)CC4)=C32)c(F)c1. The maximum absolute atomic E-state index is 15.1. The summed E-state index contributed by atoms with van der Waals surface area (Å²) in [5, 5.41) is 0. The van der Waals surface area contributed by atoms with Gasteiger partial charge in [0, 0.05) is 19.3 Å². The number of halogens is 7. The lowest BCUT2D eigenvalue weighted by atomic mass is 9.89. The van der Waals surface area contributed by atoms with Gasteiger partial charge in [-0.1, -0.05) is 0 Å². The van der Waals surface area contributed by atoms with Crippen LogP contribution in [0.25, 0.3) is 0 Å². The fourth-order valence-corrected chi connectivity index (χ4v) is 7.30. The number of benzene rings is 2. The van der Waals surface area contributed by atoms with Crippen molar-refractivity contribution in [2.24, 2.45) is 10.9 Å². The second-order valence-electron chi connectivity index (χ2n) is 10.1. The van der Waals surface area contributed by atoms with Crippen molar-refractivity contribution in [2.45, 2.75) is 35.0 Å². The molecule has 0 radical (unpaired) electrons. The van der Waals surface area contributed by atoms with Crippen LogP contribution in [0.15, 0.2) is 74.4 Å². The molecule has 0 saturated carbocycles. The minimum atomic E-state index is -5.21. The molecule has 2 aromatic carbocycles. The molecular formula is C26H22F7N3O5S2. The van der Waals surface area contributed by atoms with Crippen LogP contribution in [0.4, 0.5) is 36.4 Å². The highest BCUT2D eigenvalue weighted by Gasteiger charge is 2.41. The summed E-state index contributed by atoms with van der Waals surface area (Å²) < 4.78 is 152. The Kier molecular flexibility index (Phi) is 7.66. The quantitative estimate of drug-likeness (QED) is 0.405. The Morgan fingerprint density at radius 1 is 0.884 bits per heavy atom. The smallest absolute Gasteiger partial charge is 0.416 e. The standard InChI is InChI=1S/C26H22F7N3O5S2/c1-42(37,38)18-2-3-22(21(27)11-18)36-14-34-12-23-24(36)20(13-41-23)15-4-6-35(7-5-15)43(39,40)19-9-16(25(28,29)30)8-17(10-19)26(31,32)33/h2-3,8-12,14-15H,4-7,13H2,1H3. The van der Waals surface area contributed by atoms with Gasteiger partial charge >= 0.3 is 12.4 Å². The van der Waals surface area contributed by atoms with Gasteiger partial charge in [-0.25, -0.2) is 26.2 Å². The molecule has 0 atom stereocenters. The predicted octanol–water partition coefficient (Wildman–Crippen LogP) is 5.34. The highest BCUT2D eigenvalue weighted by atomic mass is 32.2. The zero-order valence-corrected chi connectivity index (χ0v) is 23.7. The molecule has 0 amide bonds. The molecule has 0 bridgehead atoms. The van der Waals surface area contributed by atoms with E-state index in [1.807, 2.05) is 0 Å². The molecule has 43 heavy (non-hydrogen) atoms. The van der Waals surface area contributed by atoms with Gasteiger partial charge in [-0.3, -0.25) is 4.90 Å². The lowest BCUT2D eigenvalue weighted by Gasteiger charge is -2.33. The predicted molar refractivity (Wildman–Crippen MR) is 139 cm³/mol. The maximum Gasteiger partial charge on any atom is 0.416 e. The third kappa shape index (κ3) is 6.02. The number of piperidine rings is 1. The highest BCUT2D eigenvalue weighted by molar-refractivity contribution is 7.90. The molecule has 1 saturated heterocycles. The first kappa shape index (κ1) is 31.0. The number of hydrogen-bond acceptors (Lipinski definition) is 7. The number of ether oxygens (including phenoxy) is 1. The van der Waals surface area contributed by atoms with E-state index in [1.54, 1.807) is 0 Å². The average Bonchev–Trinajstić information content (AvgIpc) is 3.36. The first-order valence-electron chi connectivity index (χ1n) is 12.6. The zero-order valence-electron chi connectivity index (χ0n) is 22.1. The van der Waals surface area contributed by atoms with Crippen LogP contribution in [0.2, 0.25) is 0 Å². The monoisotopic (exact) mass is 653 g/mol. The van der Waals surface area contributed by atoms with Crippen LogP contribution >= 0.6 is 0 Å². The summed E-state index contributed by atoms with van der Waals surface area (Å²) in [6, 6.07) is 3.60. The van der Waals surface area contributed by atoms with Crippen molar-refractivity contribution in [2.75, 3.05) is 30.9 Å². The molecule has 0 aromatic heterocycles. The largest absolute Gasteiger partial charge is 0.485 e. The molecule has 1 fully saturated rings. The molecule has 0 N–H and O–H groups in total. The van der Waals surface area contributed by atoms with E-state index in [0.717, 1.165) is 16.6 Å². The van der Waals surface area contributed by atoms with Crippen molar-refractivity contribution in [3.8, 4) is 0 Å². The average molecular weight is 654 g/mol. The van der Waals surface area contributed by atoms with Crippen LogP contribution in [0.3, 0.4) is 0 Å². The second-order valence-corrected chi connectivity index (χ2v) is 14.0. The van der Waals surface area contributed by atoms with E-state index >= 15 is 4.39 Å². The van der Waals surface area contributed by atoms with Gasteiger partial charge in [-0.2, -0.15) is 30.6 Å². The summed E-state index contributed by atoms with van der Waals surface area (Å²) in [5.41, 5.74) is -2.42. The van der Waals surface area contributed by atoms with Crippen LogP contribution < -0.4 is 4.90 Å². The molecule has 232 valence electrons. The number of sulfonamides is 1. The van der Waals surface area contributed by atoms with Crippen molar-refractivity contribution in [3.63, 3.8) is 0 Å². The fourth-order valence-electron chi connectivity index (χ4n) is 5.12. The number of alkyl halides is 6. The molecule has 3 aliphatic rings. The van der Waals surface area contributed by atoms with Crippen molar-refractivity contribution in [3.05, 3.63) is 76.6 Å². The molecule has 3 aliphatic heterocycles. The van der Waals surface area contributed by atoms with Gasteiger partial charge in [0.1, 0.15) is 12.4 Å². The van der Waals surface area contributed by atoms with E-state index in [4.69, 9.17) is 4.74 Å². The van der Waals surface area contributed by atoms with Crippen LogP contribution in [-0.2, 0) is 37.0 Å². The summed E-state index contributed by atoms with van der Waals surface area (Å²) in [7, 11) is -8.41. The number of aliphatic imine (C=N–C) groups is 1. The molecule has 2 aromatic rings. The van der Waals surface area contributed by atoms with Crippen molar-refractivity contribution >= 4 is 31.9 Å². The third-order valence-electron chi connectivity index (χ3n) is 7.29. The number of hydrogen-bond donors (Lipinski definition) is 0. The molecule has 5 rings (SSSR count). The van der Waals surface area contributed by atoms with Gasteiger partial charge in [-0.05, 0) is 60.7 Å². The van der Waals surface area contributed by atoms with E-state index < -0.39 is 54.1 Å². The molecule has 3 heterocycles. The Morgan fingerprint density at radius 2 is 1.49 bits per heavy atom. The molecular weight excluding hydrogens is 631 g/mol. The number of anilines is 1. The number of fused-ring (bicyclic) bond motifs is 1. The van der Waals surface area contributed by atoms with Gasteiger partial charge in [-0.15, -0.1) is 0 Å². The molecule has 8 nitrogen and oxygen atoms in total. The number of nitrogens with zero attached hydrogens (tertiary/aromatic N) is 3. The van der Waals surface area contributed by atoms with Gasteiger partial charge in [0.2, 0.25) is 10.0 Å². The topological polar surface area (TPSA) is 96.3 Å². The van der Waals surface area contributed by atoms with E-state index in [9.17, 15) is 43.2 Å². The van der Waals surface area contributed by atoms with Crippen molar-refractivity contribution in [1.29, 1.82) is 0 Å². The van der Waals surface area contributed by atoms with Crippen LogP contribution in [0.1, 0.15) is 24.0 Å². The summed E-state index contributed by atoms with van der Waals surface area (Å²) in [4.78, 5) is 4.07. The van der Waals surface area contributed by atoms with E-state index in [2.05, 4.69) is 4.99 Å². The first-order valence-corrected chi connectivity index (χ1v) is 15.9. The molecule has 0 spiro atoms. The maximum atomic E-state index is 15.1. The van der Waals surface area contributed by atoms with E-state index in [1.165, 1.54) is 29.6 Å². The lowest BCUT2D eigenvalue weighted by molar-refractivity contribution is -0.143. The summed E-state index contributed by atoms with van der Waals surface area (Å²) in [5.74, 6) is -0.899. The number of sulfone groups is 1. The summed E-state index contributed by atoms with van der Waals surface area (Å²) >= 11 is 0. The lowest BCUT2D eigenvalue weighted by Crippen LogP contribution is -2.39. The minimum absolute atomic E-state index is 0.0234. The fraction of sp³-hybridized carbons (Fsp3) is 0.346. The second kappa shape index (κ2) is 10.6. The van der Waals surface area contributed by atoms with Crippen LogP contribution in [0.5, 0.6) is 0 Å². The van der Waals surface area contributed by atoms with Crippen LogP contribution in [-0.4, -0.2) is 53.4 Å². The number of rotatable bonds is 5. The zero-order chi connectivity index (χ0) is 31.5. The third-order valence-corrected chi connectivity index (χ3v) is 10.3. The Labute approximate surface area is 241 Å². The Morgan fingerprint density at radius 3 is 2.02 bits per heavy atom. The van der Waals surface area contributed by atoms with Crippen molar-refractivity contribution in [1.82, 2.24) is 4.31 Å². The molecule has 17 heteroatoms. The Balaban J connectivity index is 1.42. The minimum Gasteiger partial charge on any atom is -0.485 e. The highest BCUT2D eigenvalue weighted by Crippen LogP contribution is 2.42. The van der Waals surface area contributed by atoms with E-state index in [0.29, 0.717) is 17.0 Å². The normalized spacial score (nSPS) is 19.0.